The van der Waals surface area contributed by atoms with Crippen LogP contribution in [0, 0.1) is 0 Å². The van der Waals surface area contributed by atoms with E-state index in [9.17, 15) is 15.3 Å². The Morgan fingerprint density at radius 1 is 0.269 bits per heavy atom. The van der Waals surface area contributed by atoms with Crippen LogP contribution in [0.1, 0.15) is 194 Å². The fourth-order valence-corrected chi connectivity index (χ4v) is 20.3. The van der Waals surface area contributed by atoms with Crippen LogP contribution >= 0.6 is 0 Å². The minimum Gasteiger partial charge on any atom is -0.507 e. The third-order valence-corrected chi connectivity index (χ3v) is 25.7. The highest BCUT2D eigenvalue weighted by atomic mass is 16.5. The van der Waals surface area contributed by atoms with Gasteiger partial charge in [-0.15, -0.1) is 0 Å². The Bertz CT molecular complexity index is 6220. The van der Waals surface area contributed by atoms with Gasteiger partial charge in [0.25, 0.3) is 0 Å². The molecule has 608 valence electrons. The molecule has 0 spiro atoms. The zero-order chi connectivity index (χ0) is 83.5. The smallest absolute Gasteiger partial charge is 0.129 e. The van der Waals surface area contributed by atoms with Gasteiger partial charge in [0.15, 0.2) is 0 Å². The van der Waals surface area contributed by atoms with E-state index < -0.39 is 0 Å². The van der Waals surface area contributed by atoms with Gasteiger partial charge in [-0.3, -0.25) is 0 Å². The number of fused-ring (bicyclic) bond motifs is 6. The Morgan fingerprint density at radius 3 is 1.08 bits per heavy atom. The van der Waals surface area contributed by atoms with E-state index in [4.69, 9.17) is 18.9 Å². The molecule has 0 bridgehead atoms. The number of aliphatic hydroxyl groups excluding tert-OH is 1. The summed E-state index contributed by atoms with van der Waals surface area (Å²) in [5, 5.41) is 52.4. The molecule has 0 saturated carbocycles. The Labute approximate surface area is 705 Å². The van der Waals surface area contributed by atoms with Crippen molar-refractivity contribution in [2.45, 2.75) is 184 Å². The summed E-state index contributed by atoms with van der Waals surface area (Å²) in [6, 6.07) is 88.7. The summed E-state index contributed by atoms with van der Waals surface area (Å²) >= 11 is 0. The van der Waals surface area contributed by atoms with Gasteiger partial charge in [0.2, 0.25) is 0 Å². The Hall–Kier alpha value is -11.0. The number of phenolic OH excluding ortho intramolecular Hbond substituents is 2. The minimum absolute atomic E-state index is 0.101. The van der Waals surface area contributed by atoms with Gasteiger partial charge in [0.05, 0.1) is 33.0 Å². The molecule has 0 aromatic heterocycles. The number of benzene rings is 16. The molecular weight excluding hydrogens is 1460 g/mol. The zero-order valence-electron chi connectivity index (χ0n) is 72.4. The number of hydrogen-bond acceptors (Lipinski definition) is 7. The molecule has 18 rings (SSSR count). The van der Waals surface area contributed by atoms with Gasteiger partial charge in [0.1, 0.15) is 11.5 Å². The van der Waals surface area contributed by atoms with Crippen molar-refractivity contribution in [2.24, 2.45) is 0 Å². The van der Waals surface area contributed by atoms with Gasteiger partial charge in [-0.1, -0.05) is 306 Å². The van der Waals surface area contributed by atoms with Crippen LogP contribution in [-0.2, 0) is 103 Å². The molecule has 4 atom stereocenters. The SMILES string of the molecule is CC1c2cccc3cccc(c23)C1C1c2cccc3c(CO)ccc(c23)C1C.CCOCc1cccc2cccc(-c3cccc4cccc(CC)c34)c12.CCc1c(CC)c(CC)c2ccccc2c1CC.CCc1cc2ccccc2c(-c2c(O)c(COC)cc3ccccc23)c1O.CCc1ccc(CC)c2c(COC)ccc(COC)c12. The van der Waals surface area contributed by atoms with Crippen molar-refractivity contribution in [3.05, 3.63) is 343 Å². The van der Waals surface area contributed by atoms with E-state index in [2.05, 4.69) is 250 Å². The molecule has 16 aromatic carbocycles. The van der Waals surface area contributed by atoms with Crippen molar-refractivity contribution in [3.63, 3.8) is 0 Å². The van der Waals surface area contributed by atoms with Gasteiger partial charge < -0.3 is 34.3 Å². The Kier molecular flexibility index (Phi) is 27.2. The highest BCUT2D eigenvalue weighted by Crippen LogP contribution is 2.61. The minimum atomic E-state index is 0.101. The van der Waals surface area contributed by atoms with Crippen LogP contribution in [0.2, 0.25) is 0 Å². The molecule has 7 heteroatoms. The van der Waals surface area contributed by atoms with E-state index in [0.29, 0.717) is 73.2 Å². The van der Waals surface area contributed by atoms with E-state index >= 15 is 0 Å². The zero-order valence-corrected chi connectivity index (χ0v) is 72.4. The first-order chi connectivity index (χ1) is 58.2. The maximum absolute atomic E-state index is 11.1. The average molecular weight is 1580 g/mol. The van der Waals surface area contributed by atoms with Gasteiger partial charge in [-0.05, 0) is 280 Å². The van der Waals surface area contributed by atoms with Crippen molar-refractivity contribution in [3.8, 4) is 33.8 Å². The average Bonchev–Trinajstić information content (AvgIpc) is 1.56. The fraction of sp³-hybridized carbons (Fsp3) is 0.286. The third kappa shape index (κ3) is 16.2. The second kappa shape index (κ2) is 38.4. The largest absolute Gasteiger partial charge is 0.507 e. The number of aliphatic hydroxyl groups is 1. The number of hydrogen-bond donors (Lipinski definition) is 3. The number of rotatable bonds is 21. The molecule has 0 aliphatic heterocycles. The van der Waals surface area contributed by atoms with Crippen LogP contribution < -0.4 is 0 Å². The molecular formula is C112H118O7. The highest BCUT2D eigenvalue weighted by Gasteiger charge is 2.44. The summed E-state index contributed by atoms with van der Waals surface area (Å²) in [5.74, 6) is 2.34. The first-order valence-corrected chi connectivity index (χ1v) is 43.5. The molecule has 0 radical (unpaired) electrons. The Balaban J connectivity index is 0.000000123. The quantitative estimate of drug-likeness (QED) is 0.0659. The van der Waals surface area contributed by atoms with Crippen molar-refractivity contribution in [1.82, 2.24) is 0 Å². The van der Waals surface area contributed by atoms with Crippen molar-refractivity contribution in [1.29, 1.82) is 0 Å². The van der Waals surface area contributed by atoms with Crippen molar-refractivity contribution < 1.29 is 34.3 Å². The molecule has 0 heterocycles. The molecule has 119 heavy (non-hydrogen) atoms. The maximum atomic E-state index is 11.1. The molecule has 2 aliphatic carbocycles. The number of methoxy groups -OCH3 is 3. The second-order valence-corrected chi connectivity index (χ2v) is 32.0. The standard InChI is InChI=1S/C27H24O.C25H24O.C24H22O3.C18H24O2.C18H24/c1-15-19-8-3-6-17-7-4-10-22(26(17)19)24(15)25-16(2)20-13-12-18(14-28)21-9-5-11-23(25)27(20)21;1-3-18-9-5-10-19-12-7-15-22(24(18)19)23-16-8-13-20-11-6-14-21(25(20)23)17-26-4-2;1-3-15-12-16-8-4-6-10-19(16)21(23(15)25)22-20-11-7-5-9-17(20)13-18(14-27-2)24(22)26;1-5-13-7-8-14(6-2)18-16(12-20-4)10-9-15(11-19-3)17(13)18;1-5-13-14(6-2)16(8-4)18-12-10-9-11-17(18)15(13)7-3/h3-13,15-16,24-25,28H,14H2,1-2H3;5-16H,3-4,17H2,1-2H3;4-13,25-26H,3,14H2,1-2H3;7-10H,5-6,11-12H2,1-4H3;9-12H,5-8H2,1-4H3. The molecule has 3 N–H and O–H groups in total. The summed E-state index contributed by atoms with van der Waals surface area (Å²) in [6.45, 7) is 27.8. The Morgan fingerprint density at radius 2 is 0.613 bits per heavy atom. The lowest BCUT2D eigenvalue weighted by Crippen LogP contribution is -2.15. The summed E-state index contributed by atoms with van der Waals surface area (Å²) in [7, 11) is 5.12. The van der Waals surface area contributed by atoms with Crippen molar-refractivity contribution >= 4 is 86.2 Å². The van der Waals surface area contributed by atoms with Gasteiger partial charge in [0, 0.05) is 44.6 Å². The fourth-order valence-electron chi connectivity index (χ4n) is 20.3. The van der Waals surface area contributed by atoms with E-state index in [1.807, 2.05) is 74.5 Å². The summed E-state index contributed by atoms with van der Waals surface area (Å²) in [5.41, 5.74) is 26.8. The van der Waals surface area contributed by atoms with Crippen LogP contribution in [0.3, 0.4) is 0 Å². The van der Waals surface area contributed by atoms with Crippen LogP contribution in [0.15, 0.2) is 249 Å². The molecule has 2 aliphatic rings. The normalized spacial score (nSPS) is 14.5. The molecule has 0 saturated heterocycles. The monoisotopic (exact) mass is 1570 g/mol. The van der Waals surface area contributed by atoms with Gasteiger partial charge in [-0.2, -0.15) is 0 Å². The number of phenols is 2. The topological polar surface area (TPSA) is 97.6 Å². The van der Waals surface area contributed by atoms with E-state index in [1.54, 1.807) is 43.6 Å². The first kappa shape index (κ1) is 84.5. The predicted octanol–water partition coefficient (Wildman–Crippen LogP) is 28.5. The highest BCUT2D eigenvalue weighted by molar-refractivity contribution is 6.11. The summed E-state index contributed by atoms with van der Waals surface area (Å²) < 4.78 is 21.8. The lowest BCUT2D eigenvalue weighted by atomic mass is 9.73. The molecule has 4 unspecified atom stereocenters. The molecule has 0 amide bonds. The number of aromatic hydroxyl groups is 2. The van der Waals surface area contributed by atoms with Gasteiger partial charge >= 0.3 is 0 Å². The van der Waals surface area contributed by atoms with Crippen LogP contribution in [0.4, 0.5) is 0 Å². The summed E-state index contributed by atoms with van der Waals surface area (Å²) in [6.07, 6.45) is 8.40. The van der Waals surface area contributed by atoms with Crippen molar-refractivity contribution in [2.75, 3.05) is 27.9 Å². The summed E-state index contributed by atoms with van der Waals surface area (Å²) in [4.78, 5) is 0. The lowest BCUT2D eigenvalue weighted by molar-refractivity contribution is 0.135. The van der Waals surface area contributed by atoms with E-state index in [0.717, 1.165) is 84.2 Å². The van der Waals surface area contributed by atoms with E-state index in [1.165, 1.54) is 131 Å². The molecule has 0 fully saturated rings. The molecule has 16 aromatic rings. The number of ether oxygens (including phenoxy) is 4. The maximum Gasteiger partial charge on any atom is 0.129 e. The van der Waals surface area contributed by atoms with Crippen LogP contribution in [0.25, 0.3) is 108 Å². The molecule has 7 nitrogen and oxygen atoms in total. The second-order valence-electron chi connectivity index (χ2n) is 32.0. The lowest BCUT2D eigenvalue weighted by Gasteiger charge is -2.30. The van der Waals surface area contributed by atoms with Crippen LogP contribution in [-0.4, -0.2) is 43.3 Å². The number of aryl methyl sites for hydroxylation is 6. The third-order valence-electron chi connectivity index (χ3n) is 25.7. The van der Waals surface area contributed by atoms with E-state index in [-0.39, 0.29) is 18.1 Å². The predicted molar refractivity (Wildman–Crippen MR) is 504 cm³/mol. The first-order valence-electron chi connectivity index (χ1n) is 43.5. The van der Waals surface area contributed by atoms with Gasteiger partial charge in [-0.25, -0.2) is 0 Å². The van der Waals surface area contributed by atoms with Crippen LogP contribution in [0.5, 0.6) is 11.5 Å².